The van der Waals surface area contributed by atoms with Gasteiger partial charge in [-0.3, -0.25) is 4.98 Å². The maximum Gasteiger partial charge on any atom is 0.336 e. The Bertz CT molecular complexity index is 652. The molecule has 0 aliphatic carbocycles. The SMILES string of the molecule is O=C(O)c1ccncc1CCc1ccc2c(c1)CCO2. The summed E-state index contributed by atoms with van der Waals surface area (Å²) in [6.07, 6.45) is 5.59. The van der Waals surface area contributed by atoms with Crippen LogP contribution in [-0.2, 0) is 19.3 Å². The number of hydrogen-bond acceptors (Lipinski definition) is 3. The highest BCUT2D eigenvalue weighted by Gasteiger charge is 2.13. The Morgan fingerprint density at radius 1 is 1.30 bits per heavy atom. The minimum atomic E-state index is -0.898. The monoisotopic (exact) mass is 269 g/mol. The Labute approximate surface area is 117 Å². The van der Waals surface area contributed by atoms with Crippen LogP contribution in [0.5, 0.6) is 5.75 Å². The number of aromatic carboxylic acids is 1. The fourth-order valence-corrected chi connectivity index (χ4v) is 2.51. The highest BCUT2D eigenvalue weighted by atomic mass is 16.5. The van der Waals surface area contributed by atoms with E-state index in [0.29, 0.717) is 12.0 Å². The van der Waals surface area contributed by atoms with Crippen molar-refractivity contribution in [3.63, 3.8) is 0 Å². The van der Waals surface area contributed by atoms with Crippen LogP contribution >= 0.6 is 0 Å². The minimum Gasteiger partial charge on any atom is -0.493 e. The molecular weight excluding hydrogens is 254 g/mol. The van der Waals surface area contributed by atoms with E-state index in [9.17, 15) is 4.79 Å². The predicted molar refractivity (Wildman–Crippen MR) is 74.2 cm³/mol. The Hall–Kier alpha value is -2.36. The lowest BCUT2D eigenvalue weighted by Crippen LogP contribution is -2.04. The van der Waals surface area contributed by atoms with Crippen LogP contribution in [0.25, 0.3) is 0 Å². The molecule has 0 saturated heterocycles. The molecule has 0 radical (unpaired) electrons. The highest BCUT2D eigenvalue weighted by molar-refractivity contribution is 5.89. The first-order valence-electron chi connectivity index (χ1n) is 6.65. The molecule has 0 atom stereocenters. The molecule has 0 spiro atoms. The fourth-order valence-electron chi connectivity index (χ4n) is 2.51. The molecule has 4 nitrogen and oxygen atoms in total. The molecule has 1 aromatic carbocycles. The smallest absolute Gasteiger partial charge is 0.336 e. The van der Waals surface area contributed by atoms with Crippen LogP contribution in [0.1, 0.15) is 27.0 Å². The van der Waals surface area contributed by atoms with Gasteiger partial charge in [-0.05, 0) is 41.7 Å². The zero-order valence-electron chi connectivity index (χ0n) is 11.0. The van der Waals surface area contributed by atoms with Crippen molar-refractivity contribution in [1.82, 2.24) is 4.98 Å². The lowest BCUT2D eigenvalue weighted by Gasteiger charge is -2.06. The maximum absolute atomic E-state index is 11.1. The molecule has 0 bridgehead atoms. The zero-order valence-corrected chi connectivity index (χ0v) is 11.0. The van der Waals surface area contributed by atoms with Crippen molar-refractivity contribution in [3.8, 4) is 5.75 Å². The van der Waals surface area contributed by atoms with Gasteiger partial charge in [-0.15, -0.1) is 0 Å². The van der Waals surface area contributed by atoms with E-state index in [1.807, 2.05) is 12.1 Å². The van der Waals surface area contributed by atoms with Gasteiger partial charge >= 0.3 is 5.97 Å². The fraction of sp³-hybridized carbons (Fsp3) is 0.250. The number of pyridine rings is 1. The molecule has 0 saturated carbocycles. The van der Waals surface area contributed by atoms with Gasteiger partial charge in [0.15, 0.2) is 0 Å². The number of rotatable bonds is 4. The van der Waals surface area contributed by atoms with Gasteiger partial charge in [0.1, 0.15) is 5.75 Å². The zero-order chi connectivity index (χ0) is 13.9. The second-order valence-electron chi connectivity index (χ2n) is 4.88. The molecule has 102 valence electrons. The van der Waals surface area contributed by atoms with Gasteiger partial charge < -0.3 is 9.84 Å². The topological polar surface area (TPSA) is 59.4 Å². The molecule has 4 heteroatoms. The van der Waals surface area contributed by atoms with Crippen LogP contribution < -0.4 is 4.74 Å². The summed E-state index contributed by atoms with van der Waals surface area (Å²) in [5.74, 6) is 0.0751. The van der Waals surface area contributed by atoms with Crippen molar-refractivity contribution in [1.29, 1.82) is 0 Å². The number of nitrogens with zero attached hydrogens (tertiary/aromatic N) is 1. The van der Waals surface area contributed by atoms with E-state index in [0.717, 1.165) is 30.8 Å². The molecule has 1 aliphatic heterocycles. The van der Waals surface area contributed by atoms with Crippen molar-refractivity contribution in [2.24, 2.45) is 0 Å². The summed E-state index contributed by atoms with van der Waals surface area (Å²) in [6.45, 7) is 0.755. The van der Waals surface area contributed by atoms with Gasteiger partial charge in [-0.25, -0.2) is 4.79 Å². The highest BCUT2D eigenvalue weighted by Crippen LogP contribution is 2.26. The largest absolute Gasteiger partial charge is 0.493 e. The van der Waals surface area contributed by atoms with Gasteiger partial charge in [-0.2, -0.15) is 0 Å². The summed E-state index contributed by atoms with van der Waals surface area (Å²) in [5.41, 5.74) is 3.56. The first kappa shape index (κ1) is 12.7. The first-order chi connectivity index (χ1) is 9.74. The number of carboxylic acids is 1. The predicted octanol–water partition coefficient (Wildman–Crippen LogP) is 2.50. The van der Waals surface area contributed by atoms with Crippen molar-refractivity contribution in [2.45, 2.75) is 19.3 Å². The van der Waals surface area contributed by atoms with Crippen molar-refractivity contribution < 1.29 is 14.6 Å². The van der Waals surface area contributed by atoms with Crippen LogP contribution in [0.15, 0.2) is 36.7 Å². The molecule has 2 heterocycles. The number of carbonyl (C=O) groups is 1. The summed E-state index contributed by atoms with van der Waals surface area (Å²) >= 11 is 0. The molecule has 1 aliphatic rings. The average Bonchev–Trinajstić information content (AvgIpc) is 2.92. The lowest BCUT2D eigenvalue weighted by atomic mass is 10.00. The van der Waals surface area contributed by atoms with Crippen molar-refractivity contribution in [2.75, 3.05) is 6.61 Å². The minimum absolute atomic E-state index is 0.337. The second kappa shape index (κ2) is 5.33. The molecule has 1 aromatic heterocycles. The lowest BCUT2D eigenvalue weighted by molar-refractivity contribution is 0.0695. The Morgan fingerprint density at radius 2 is 2.20 bits per heavy atom. The molecule has 3 rings (SSSR count). The third-order valence-electron chi connectivity index (χ3n) is 3.57. The quantitative estimate of drug-likeness (QED) is 0.926. The molecule has 0 unspecified atom stereocenters. The average molecular weight is 269 g/mol. The number of fused-ring (bicyclic) bond motifs is 1. The van der Waals surface area contributed by atoms with E-state index >= 15 is 0 Å². The Kier molecular flexibility index (Phi) is 3.37. The molecule has 2 aromatic rings. The standard InChI is InChI=1S/C16H15NO3/c18-16(19)14-5-7-17-10-13(14)3-1-11-2-4-15-12(9-11)6-8-20-15/h2,4-5,7,9-10H,1,3,6,8H2,(H,18,19). The third-order valence-corrected chi connectivity index (χ3v) is 3.57. The summed E-state index contributed by atoms with van der Waals surface area (Å²) in [4.78, 5) is 15.2. The molecule has 0 fully saturated rings. The first-order valence-corrected chi connectivity index (χ1v) is 6.65. The summed E-state index contributed by atoms with van der Waals surface area (Å²) < 4.78 is 5.48. The van der Waals surface area contributed by atoms with Gasteiger partial charge in [0.25, 0.3) is 0 Å². The number of carboxylic acid groups (broad SMARTS) is 1. The Morgan fingerprint density at radius 3 is 3.05 bits per heavy atom. The molecule has 20 heavy (non-hydrogen) atoms. The van der Waals surface area contributed by atoms with Gasteiger partial charge in [0.2, 0.25) is 0 Å². The van der Waals surface area contributed by atoms with Crippen LogP contribution in [0, 0.1) is 0 Å². The van der Waals surface area contributed by atoms with Crippen LogP contribution in [0.3, 0.4) is 0 Å². The van der Waals surface area contributed by atoms with E-state index in [1.165, 1.54) is 17.3 Å². The van der Waals surface area contributed by atoms with Crippen molar-refractivity contribution in [3.05, 3.63) is 58.9 Å². The van der Waals surface area contributed by atoms with E-state index < -0.39 is 5.97 Å². The molecule has 1 N–H and O–H groups in total. The normalized spacial score (nSPS) is 12.8. The number of ether oxygens (including phenoxy) is 1. The summed E-state index contributed by atoms with van der Waals surface area (Å²) in [7, 11) is 0. The van der Waals surface area contributed by atoms with Gasteiger partial charge in [0, 0.05) is 18.8 Å². The van der Waals surface area contributed by atoms with Crippen LogP contribution in [-0.4, -0.2) is 22.7 Å². The number of hydrogen-bond donors (Lipinski definition) is 1. The molecule has 0 amide bonds. The Balaban J connectivity index is 1.75. The van der Waals surface area contributed by atoms with E-state index in [1.54, 1.807) is 12.3 Å². The van der Waals surface area contributed by atoms with Gasteiger partial charge in [-0.1, -0.05) is 12.1 Å². The van der Waals surface area contributed by atoms with E-state index in [2.05, 4.69) is 11.1 Å². The second-order valence-corrected chi connectivity index (χ2v) is 4.88. The number of aryl methyl sites for hydroxylation is 2. The van der Waals surface area contributed by atoms with E-state index in [-0.39, 0.29) is 0 Å². The van der Waals surface area contributed by atoms with Gasteiger partial charge in [0.05, 0.1) is 12.2 Å². The van der Waals surface area contributed by atoms with Crippen LogP contribution in [0.4, 0.5) is 0 Å². The maximum atomic E-state index is 11.1. The summed E-state index contributed by atoms with van der Waals surface area (Å²) in [6, 6.07) is 7.74. The van der Waals surface area contributed by atoms with Crippen LogP contribution in [0.2, 0.25) is 0 Å². The van der Waals surface area contributed by atoms with E-state index in [4.69, 9.17) is 9.84 Å². The third kappa shape index (κ3) is 2.50. The number of benzene rings is 1. The van der Waals surface area contributed by atoms with Crippen molar-refractivity contribution >= 4 is 5.97 Å². The molecular formula is C16H15NO3. The number of aromatic nitrogens is 1. The summed E-state index contributed by atoms with van der Waals surface area (Å²) in [5, 5.41) is 9.15.